The lowest BCUT2D eigenvalue weighted by atomic mass is 10.3. The number of non-ortho nitro benzene ring substituents is 1. The van der Waals surface area contributed by atoms with Gasteiger partial charge in [0.05, 0.1) is 16.4 Å². The van der Waals surface area contributed by atoms with E-state index in [9.17, 15) is 18.5 Å². The van der Waals surface area contributed by atoms with Gasteiger partial charge in [0.25, 0.3) is 5.69 Å². The normalized spacial score (nSPS) is 18.2. The van der Waals surface area contributed by atoms with Crippen LogP contribution >= 0.6 is 0 Å². The Bertz CT molecular complexity index is 900. The number of aryl methyl sites for hydroxylation is 1. The molecule has 1 fully saturated rings. The Balaban J connectivity index is 1.74. The fraction of sp³-hybridized carbons (Fsp3) is 0.312. The van der Waals surface area contributed by atoms with Crippen molar-refractivity contribution in [2.45, 2.75) is 24.3 Å². The molecule has 1 atom stereocenters. The molecule has 1 aromatic heterocycles. The smallest absolute Gasteiger partial charge is 0.270 e. The van der Waals surface area contributed by atoms with E-state index in [0.29, 0.717) is 18.8 Å². The molecule has 0 aliphatic carbocycles. The summed E-state index contributed by atoms with van der Waals surface area (Å²) in [5.74, 6) is 0.458. The van der Waals surface area contributed by atoms with Gasteiger partial charge >= 0.3 is 0 Å². The highest BCUT2D eigenvalue weighted by atomic mass is 32.2. The van der Waals surface area contributed by atoms with E-state index in [-0.39, 0.29) is 23.2 Å². The molecule has 1 aromatic carbocycles. The lowest BCUT2D eigenvalue weighted by Crippen LogP contribution is -2.31. The molecule has 3 rings (SSSR count). The summed E-state index contributed by atoms with van der Waals surface area (Å²) >= 11 is 0. The quantitative estimate of drug-likeness (QED) is 0.596. The molecule has 25 heavy (non-hydrogen) atoms. The van der Waals surface area contributed by atoms with Gasteiger partial charge in [0.15, 0.2) is 0 Å². The van der Waals surface area contributed by atoms with Crippen LogP contribution in [0, 0.1) is 17.0 Å². The van der Waals surface area contributed by atoms with E-state index in [1.165, 1.54) is 22.5 Å². The zero-order valence-electron chi connectivity index (χ0n) is 13.5. The van der Waals surface area contributed by atoms with Crippen molar-refractivity contribution in [3.05, 3.63) is 58.3 Å². The summed E-state index contributed by atoms with van der Waals surface area (Å²) in [7, 11) is -3.80. The number of rotatable bonds is 5. The second-order valence-electron chi connectivity index (χ2n) is 5.76. The second kappa shape index (κ2) is 6.77. The van der Waals surface area contributed by atoms with Crippen molar-refractivity contribution >= 4 is 15.7 Å². The Morgan fingerprint density at radius 2 is 2.04 bits per heavy atom. The summed E-state index contributed by atoms with van der Waals surface area (Å²) in [5, 5.41) is 10.9. The maximum atomic E-state index is 12.7. The molecule has 2 aromatic rings. The van der Waals surface area contributed by atoms with Crippen LogP contribution in [0.5, 0.6) is 5.88 Å². The van der Waals surface area contributed by atoms with Crippen molar-refractivity contribution in [1.82, 2.24) is 9.29 Å². The van der Waals surface area contributed by atoms with Gasteiger partial charge in [-0.15, -0.1) is 0 Å². The van der Waals surface area contributed by atoms with Gasteiger partial charge in [0, 0.05) is 30.4 Å². The van der Waals surface area contributed by atoms with E-state index in [4.69, 9.17) is 4.74 Å². The lowest BCUT2D eigenvalue weighted by Gasteiger charge is -2.17. The number of hydrogen-bond donors (Lipinski definition) is 0. The lowest BCUT2D eigenvalue weighted by molar-refractivity contribution is -0.385. The fourth-order valence-corrected chi connectivity index (χ4v) is 4.20. The van der Waals surface area contributed by atoms with Gasteiger partial charge in [0.1, 0.15) is 6.10 Å². The summed E-state index contributed by atoms with van der Waals surface area (Å²) in [6.45, 7) is 2.32. The van der Waals surface area contributed by atoms with Crippen LogP contribution in [-0.4, -0.2) is 41.8 Å². The molecule has 1 saturated heterocycles. The maximum absolute atomic E-state index is 12.7. The van der Waals surface area contributed by atoms with Gasteiger partial charge in [-0.2, -0.15) is 4.31 Å². The number of nitrogens with zero attached hydrogens (tertiary/aromatic N) is 3. The molecule has 0 saturated carbocycles. The van der Waals surface area contributed by atoms with E-state index >= 15 is 0 Å². The van der Waals surface area contributed by atoms with Crippen molar-refractivity contribution in [1.29, 1.82) is 0 Å². The summed E-state index contributed by atoms with van der Waals surface area (Å²) in [5.41, 5.74) is 0.564. The van der Waals surface area contributed by atoms with Crippen LogP contribution in [0.4, 0.5) is 5.69 Å². The summed E-state index contributed by atoms with van der Waals surface area (Å²) < 4.78 is 32.4. The number of aromatic nitrogens is 1. The van der Waals surface area contributed by atoms with Gasteiger partial charge in [-0.1, -0.05) is 12.1 Å². The molecule has 0 spiro atoms. The van der Waals surface area contributed by atoms with E-state index in [2.05, 4.69) is 4.98 Å². The predicted octanol–water partition coefficient (Wildman–Crippen LogP) is 2.14. The topological polar surface area (TPSA) is 103 Å². The van der Waals surface area contributed by atoms with E-state index < -0.39 is 14.9 Å². The maximum Gasteiger partial charge on any atom is 0.270 e. The third kappa shape index (κ3) is 3.77. The molecule has 0 amide bonds. The van der Waals surface area contributed by atoms with Gasteiger partial charge in [-0.05, 0) is 25.5 Å². The molecule has 132 valence electrons. The summed E-state index contributed by atoms with van der Waals surface area (Å²) in [4.78, 5) is 14.4. The van der Waals surface area contributed by atoms with Gasteiger partial charge < -0.3 is 4.74 Å². The largest absolute Gasteiger partial charge is 0.473 e. The predicted molar refractivity (Wildman–Crippen MR) is 89.9 cm³/mol. The molecule has 1 aliphatic rings. The van der Waals surface area contributed by atoms with E-state index in [0.717, 1.165) is 11.8 Å². The molecule has 1 aliphatic heterocycles. The standard InChI is InChI=1S/C16H17N3O5S/c1-12-4-2-7-16(17-12)24-14-8-9-18(11-14)25(22,23)15-6-3-5-13(10-15)19(20)21/h2-7,10,14H,8-9,11H2,1H3. The first-order chi connectivity index (χ1) is 11.9. The summed E-state index contributed by atoms with van der Waals surface area (Å²) in [6.07, 6.45) is 0.229. The molecule has 0 radical (unpaired) electrons. The Hall–Kier alpha value is -2.52. The average Bonchev–Trinajstić information content (AvgIpc) is 3.04. The van der Waals surface area contributed by atoms with Crippen LogP contribution in [-0.2, 0) is 10.0 Å². The SMILES string of the molecule is Cc1cccc(OC2CCN(S(=O)(=O)c3cccc([N+](=O)[O-])c3)C2)n1. The highest BCUT2D eigenvalue weighted by Crippen LogP contribution is 2.25. The molecular weight excluding hydrogens is 346 g/mol. The highest BCUT2D eigenvalue weighted by Gasteiger charge is 2.34. The Morgan fingerprint density at radius 3 is 2.76 bits per heavy atom. The van der Waals surface area contributed by atoms with Gasteiger partial charge in [-0.25, -0.2) is 13.4 Å². The minimum atomic E-state index is -3.80. The molecular formula is C16H17N3O5S. The van der Waals surface area contributed by atoms with Crippen LogP contribution in [0.25, 0.3) is 0 Å². The number of sulfonamides is 1. The van der Waals surface area contributed by atoms with Crippen molar-refractivity contribution in [2.24, 2.45) is 0 Å². The van der Waals surface area contributed by atoms with Crippen molar-refractivity contribution < 1.29 is 18.1 Å². The van der Waals surface area contributed by atoms with Gasteiger partial charge in [0.2, 0.25) is 15.9 Å². The third-order valence-electron chi connectivity index (χ3n) is 3.92. The van der Waals surface area contributed by atoms with Gasteiger partial charge in [-0.3, -0.25) is 10.1 Å². The van der Waals surface area contributed by atoms with Crippen molar-refractivity contribution in [3.8, 4) is 5.88 Å². The summed E-state index contributed by atoms with van der Waals surface area (Å²) in [6, 6.07) is 10.5. The van der Waals surface area contributed by atoms with E-state index in [1.807, 2.05) is 19.1 Å². The second-order valence-corrected chi connectivity index (χ2v) is 7.70. The van der Waals surface area contributed by atoms with Crippen LogP contribution in [0.3, 0.4) is 0 Å². The molecule has 1 unspecified atom stereocenters. The molecule has 9 heteroatoms. The molecule has 8 nitrogen and oxygen atoms in total. The fourth-order valence-electron chi connectivity index (χ4n) is 2.67. The number of pyridine rings is 1. The number of benzene rings is 1. The number of ether oxygens (including phenoxy) is 1. The van der Waals surface area contributed by atoms with Crippen LogP contribution in [0.15, 0.2) is 47.4 Å². The zero-order valence-corrected chi connectivity index (χ0v) is 14.3. The van der Waals surface area contributed by atoms with Crippen molar-refractivity contribution in [3.63, 3.8) is 0 Å². The highest BCUT2D eigenvalue weighted by molar-refractivity contribution is 7.89. The van der Waals surface area contributed by atoms with Crippen LogP contribution in [0.1, 0.15) is 12.1 Å². The number of hydrogen-bond acceptors (Lipinski definition) is 6. The van der Waals surface area contributed by atoms with Crippen LogP contribution < -0.4 is 4.74 Å². The number of nitro groups is 1. The Labute approximate surface area is 145 Å². The minimum Gasteiger partial charge on any atom is -0.473 e. The zero-order chi connectivity index (χ0) is 18.0. The molecule has 2 heterocycles. The molecule has 0 N–H and O–H groups in total. The van der Waals surface area contributed by atoms with Crippen LogP contribution in [0.2, 0.25) is 0 Å². The first-order valence-corrected chi connectivity index (χ1v) is 9.15. The minimum absolute atomic E-state index is 0.0870. The van der Waals surface area contributed by atoms with Crippen molar-refractivity contribution in [2.75, 3.05) is 13.1 Å². The number of nitro benzene ring substituents is 1. The molecule has 0 bridgehead atoms. The Morgan fingerprint density at radius 1 is 1.28 bits per heavy atom. The average molecular weight is 363 g/mol. The third-order valence-corrected chi connectivity index (χ3v) is 5.79. The van der Waals surface area contributed by atoms with E-state index in [1.54, 1.807) is 6.07 Å². The first-order valence-electron chi connectivity index (χ1n) is 7.71. The monoisotopic (exact) mass is 363 g/mol. The Kier molecular flexibility index (Phi) is 4.69. The first kappa shape index (κ1) is 17.3.